The Morgan fingerprint density at radius 2 is 2.00 bits per heavy atom. The molecule has 0 amide bonds. The number of ether oxygens (including phenoxy) is 2. The number of aromatic amines is 1. The number of halogens is 1. The summed E-state index contributed by atoms with van der Waals surface area (Å²) in [5.41, 5.74) is 2.19. The van der Waals surface area contributed by atoms with Crippen LogP contribution in [0.2, 0.25) is 5.02 Å². The molecule has 0 radical (unpaired) electrons. The van der Waals surface area contributed by atoms with Crippen LogP contribution in [0.4, 0.5) is 0 Å². The van der Waals surface area contributed by atoms with Crippen LogP contribution in [0.25, 0.3) is 22.6 Å². The molecular formula is C14H12ClN3O2. The number of H-pyrrole nitrogens is 1. The van der Waals surface area contributed by atoms with E-state index in [1.54, 1.807) is 26.5 Å². The first-order valence-corrected chi connectivity index (χ1v) is 6.32. The molecule has 1 N–H and O–H groups in total. The standard InChI is InChI=1S/C14H12ClN3O2/c1-19-9-3-4-12(20-2)10(6-9)13-17-11-5-8(15)7-16-14(11)18-13/h3-7H,1-2H3,(H,16,17,18). The Bertz CT molecular complexity index is 770. The van der Waals surface area contributed by atoms with Gasteiger partial charge in [0.1, 0.15) is 17.3 Å². The van der Waals surface area contributed by atoms with Gasteiger partial charge in [-0.25, -0.2) is 9.97 Å². The lowest BCUT2D eigenvalue weighted by atomic mass is 10.2. The van der Waals surface area contributed by atoms with Crippen LogP contribution >= 0.6 is 11.6 Å². The van der Waals surface area contributed by atoms with Gasteiger partial charge >= 0.3 is 0 Å². The quantitative estimate of drug-likeness (QED) is 0.804. The number of pyridine rings is 1. The molecule has 102 valence electrons. The lowest BCUT2D eigenvalue weighted by molar-refractivity contribution is 0.404. The molecule has 1 aromatic carbocycles. The van der Waals surface area contributed by atoms with Crippen LogP contribution in [-0.4, -0.2) is 29.2 Å². The maximum absolute atomic E-state index is 5.93. The zero-order valence-electron chi connectivity index (χ0n) is 11.0. The number of hydrogen-bond donors (Lipinski definition) is 1. The van der Waals surface area contributed by atoms with E-state index in [2.05, 4.69) is 15.0 Å². The van der Waals surface area contributed by atoms with Crippen LogP contribution in [0.15, 0.2) is 30.5 Å². The molecule has 0 atom stereocenters. The molecule has 0 spiro atoms. The Balaban J connectivity index is 2.18. The summed E-state index contributed by atoms with van der Waals surface area (Å²) in [7, 11) is 3.23. The topological polar surface area (TPSA) is 60.0 Å². The van der Waals surface area contributed by atoms with Gasteiger partial charge in [-0.05, 0) is 24.3 Å². The molecule has 0 saturated carbocycles. The maximum atomic E-state index is 5.93. The van der Waals surface area contributed by atoms with Gasteiger partial charge in [-0.2, -0.15) is 0 Å². The van der Waals surface area contributed by atoms with Gasteiger partial charge in [0.15, 0.2) is 5.65 Å². The normalized spacial score (nSPS) is 10.8. The Hall–Kier alpha value is -2.27. The smallest absolute Gasteiger partial charge is 0.178 e. The van der Waals surface area contributed by atoms with Crippen LogP contribution in [0.1, 0.15) is 0 Å². The number of fused-ring (bicyclic) bond motifs is 1. The highest BCUT2D eigenvalue weighted by Gasteiger charge is 2.12. The minimum Gasteiger partial charge on any atom is -0.497 e. The SMILES string of the molecule is COc1ccc(OC)c(-c2nc3ncc(Cl)cc3[nH]2)c1. The molecule has 0 unspecified atom stereocenters. The van der Waals surface area contributed by atoms with Crippen molar-refractivity contribution in [1.29, 1.82) is 0 Å². The fourth-order valence-electron chi connectivity index (χ4n) is 2.00. The average molecular weight is 290 g/mol. The van der Waals surface area contributed by atoms with Crippen LogP contribution in [-0.2, 0) is 0 Å². The van der Waals surface area contributed by atoms with Gasteiger partial charge in [0.2, 0.25) is 0 Å². The number of benzene rings is 1. The van der Waals surface area contributed by atoms with Crippen molar-refractivity contribution in [2.45, 2.75) is 0 Å². The van der Waals surface area contributed by atoms with Crippen molar-refractivity contribution in [3.63, 3.8) is 0 Å². The predicted molar refractivity (Wildman–Crippen MR) is 77.4 cm³/mol. The first kappa shape index (κ1) is 12.7. The van der Waals surface area contributed by atoms with E-state index in [0.29, 0.717) is 22.2 Å². The van der Waals surface area contributed by atoms with Gasteiger partial charge in [-0.1, -0.05) is 11.6 Å². The monoisotopic (exact) mass is 289 g/mol. The van der Waals surface area contributed by atoms with Crippen molar-refractivity contribution in [2.24, 2.45) is 0 Å². The highest BCUT2D eigenvalue weighted by molar-refractivity contribution is 6.31. The van der Waals surface area contributed by atoms with Crippen LogP contribution in [0.3, 0.4) is 0 Å². The Kier molecular flexibility index (Phi) is 3.20. The molecule has 0 bridgehead atoms. The second-order valence-electron chi connectivity index (χ2n) is 4.18. The maximum Gasteiger partial charge on any atom is 0.178 e. The molecule has 20 heavy (non-hydrogen) atoms. The van der Waals surface area contributed by atoms with E-state index in [4.69, 9.17) is 21.1 Å². The van der Waals surface area contributed by atoms with E-state index in [-0.39, 0.29) is 0 Å². The van der Waals surface area contributed by atoms with Crippen molar-refractivity contribution in [3.05, 3.63) is 35.5 Å². The minimum atomic E-state index is 0.560. The number of methoxy groups -OCH3 is 2. The third-order valence-corrected chi connectivity index (χ3v) is 3.17. The van der Waals surface area contributed by atoms with E-state index in [0.717, 1.165) is 16.8 Å². The van der Waals surface area contributed by atoms with E-state index in [1.807, 2.05) is 18.2 Å². The lowest BCUT2D eigenvalue weighted by Crippen LogP contribution is -1.91. The zero-order valence-corrected chi connectivity index (χ0v) is 11.7. The molecule has 0 aliphatic heterocycles. The van der Waals surface area contributed by atoms with Gasteiger partial charge in [-0.15, -0.1) is 0 Å². The molecule has 3 aromatic rings. The van der Waals surface area contributed by atoms with E-state index >= 15 is 0 Å². The van der Waals surface area contributed by atoms with E-state index in [1.165, 1.54) is 0 Å². The van der Waals surface area contributed by atoms with Gasteiger partial charge in [-0.3, -0.25) is 0 Å². The zero-order chi connectivity index (χ0) is 14.1. The fraction of sp³-hybridized carbons (Fsp3) is 0.143. The summed E-state index contributed by atoms with van der Waals surface area (Å²) in [6.45, 7) is 0. The molecule has 0 aliphatic rings. The third-order valence-electron chi connectivity index (χ3n) is 2.97. The third kappa shape index (κ3) is 2.16. The second-order valence-corrected chi connectivity index (χ2v) is 4.61. The van der Waals surface area contributed by atoms with E-state index in [9.17, 15) is 0 Å². The van der Waals surface area contributed by atoms with Crippen LogP contribution in [0, 0.1) is 0 Å². The van der Waals surface area contributed by atoms with Crippen molar-refractivity contribution in [3.8, 4) is 22.9 Å². The Morgan fingerprint density at radius 1 is 1.15 bits per heavy atom. The average Bonchev–Trinajstić information content (AvgIpc) is 2.89. The van der Waals surface area contributed by atoms with Crippen molar-refractivity contribution in [2.75, 3.05) is 14.2 Å². The largest absolute Gasteiger partial charge is 0.497 e. The summed E-state index contributed by atoms with van der Waals surface area (Å²) < 4.78 is 10.6. The summed E-state index contributed by atoms with van der Waals surface area (Å²) in [5.74, 6) is 2.09. The Labute approximate surface area is 120 Å². The number of imidazole rings is 1. The van der Waals surface area contributed by atoms with E-state index < -0.39 is 0 Å². The molecule has 3 rings (SSSR count). The number of rotatable bonds is 3. The number of nitrogens with zero attached hydrogens (tertiary/aromatic N) is 2. The molecule has 6 heteroatoms. The summed E-state index contributed by atoms with van der Waals surface area (Å²) in [6, 6.07) is 7.31. The molecule has 0 saturated heterocycles. The van der Waals surface area contributed by atoms with Gasteiger partial charge in [0.25, 0.3) is 0 Å². The molecule has 2 aromatic heterocycles. The highest BCUT2D eigenvalue weighted by Crippen LogP contribution is 2.32. The molecular weight excluding hydrogens is 278 g/mol. The van der Waals surface area contributed by atoms with Crippen molar-refractivity contribution >= 4 is 22.8 Å². The van der Waals surface area contributed by atoms with Crippen molar-refractivity contribution < 1.29 is 9.47 Å². The summed E-state index contributed by atoms with van der Waals surface area (Å²) in [4.78, 5) is 11.8. The number of nitrogens with one attached hydrogen (secondary N) is 1. The Morgan fingerprint density at radius 3 is 2.75 bits per heavy atom. The van der Waals surface area contributed by atoms with Crippen molar-refractivity contribution in [1.82, 2.24) is 15.0 Å². The molecule has 0 aliphatic carbocycles. The number of hydrogen-bond acceptors (Lipinski definition) is 4. The van der Waals surface area contributed by atoms with Gasteiger partial charge in [0.05, 0.1) is 30.3 Å². The summed E-state index contributed by atoms with van der Waals surface area (Å²) in [5, 5.41) is 0.560. The first-order valence-electron chi connectivity index (χ1n) is 5.95. The first-order chi connectivity index (χ1) is 9.71. The highest BCUT2D eigenvalue weighted by atomic mass is 35.5. The van der Waals surface area contributed by atoms with Gasteiger partial charge in [0, 0.05) is 6.20 Å². The molecule has 5 nitrogen and oxygen atoms in total. The lowest BCUT2D eigenvalue weighted by Gasteiger charge is -2.08. The summed E-state index contributed by atoms with van der Waals surface area (Å²) in [6.07, 6.45) is 1.57. The fourth-order valence-corrected chi connectivity index (χ4v) is 2.16. The molecule has 2 heterocycles. The van der Waals surface area contributed by atoms with Crippen LogP contribution < -0.4 is 9.47 Å². The molecule has 0 fully saturated rings. The number of aromatic nitrogens is 3. The van der Waals surface area contributed by atoms with Gasteiger partial charge < -0.3 is 14.5 Å². The predicted octanol–water partition coefficient (Wildman–Crippen LogP) is 3.30. The van der Waals surface area contributed by atoms with Crippen LogP contribution in [0.5, 0.6) is 11.5 Å². The second kappa shape index (κ2) is 5.02. The summed E-state index contributed by atoms with van der Waals surface area (Å²) >= 11 is 5.93. The minimum absolute atomic E-state index is 0.560.